The summed E-state index contributed by atoms with van der Waals surface area (Å²) in [6, 6.07) is 21.1. The Morgan fingerprint density at radius 3 is 2.32 bits per heavy atom. The number of allylic oxidation sites excluding steroid dienone is 1. The zero-order chi connectivity index (χ0) is 26.8. The van der Waals surface area contributed by atoms with E-state index < -0.39 is 0 Å². The first-order valence-electron chi connectivity index (χ1n) is 14.2. The SMILES string of the molecule is CCCCCN(C/C=C/CCCCCN(Cc1ccc(OC)cc1)Cc1ccco1)Cc1cccc(Br)c1. The Hall–Kier alpha value is -2.34. The molecule has 3 rings (SSSR count). The Morgan fingerprint density at radius 1 is 0.789 bits per heavy atom. The molecule has 0 aliphatic rings. The van der Waals surface area contributed by atoms with Crippen LogP contribution in [-0.4, -0.2) is 36.5 Å². The largest absolute Gasteiger partial charge is 0.497 e. The maximum absolute atomic E-state index is 5.63. The van der Waals surface area contributed by atoms with E-state index in [4.69, 9.17) is 9.15 Å². The van der Waals surface area contributed by atoms with E-state index in [1.165, 1.54) is 49.7 Å². The summed E-state index contributed by atoms with van der Waals surface area (Å²) in [4.78, 5) is 5.05. The van der Waals surface area contributed by atoms with Crippen molar-refractivity contribution in [1.29, 1.82) is 0 Å². The fraction of sp³-hybridized carbons (Fsp3) is 0.455. The van der Waals surface area contributed by atoms with Crippen molar-refractivity contribution in [3.8, 4) is 5.75 Å². The summed E-state index contributed by atoms with van der Waals surface area (Å²) in [5.74, 6) is 1.92. The highest BCUT2D eigenvalue weighted by atomic mass is 79.9. The molecule has 0 bridgehead atoms. The maximum Gasteiger partial charge on any atom is 0.118 e. The number of methoxy groups -OCH3 is 1. The summed E-state index contributed by atoms with van der Waals surface area (Å²) in [5, 5.41) is 0. The third-order valence-electron chi connectivity index (χ3n) is 6.77. The van der Waals surface area contributed by atoms with Crippen LogP contribution in [0.3, 0.4) is 0 Å². The van der Waals surface area contributed by atoms with Crippen LogP contribution in [-0.2, 0) is 19.6 Å². The Kier molecular flexibility index (Phi) is 14.3. The third-order valence-corrected chi connectivity index (χ3v) is 7.27. The predicted molar refractivity (Wildman–Crippen MR) is 162 cm³/mol. The molecule has 0 fully saturated rings. The molecule has 2 aromatic carbocycles. The van der Waals surface area contributed by atoms with Gasteiger partial charge in [0.15, 0.2) is 0 Å². The number of rotatable bonds is 19. The van der Waals surface area contributed by atoms with Crippen molar-refractivity contribution < 1.29 is 9.15 Å². The van der Waals surface area contributed by atoms with E-state index in [0.29, 0.717) is 0 Å². The molecule has 0 saturated heterocycles. The molecular weight excluding hydrogens is 536 g/mol. The molecule has 206 valence electrons. The van der Waals surface area contributed by atoms with Crippen molar-refractivity contribution >= 4 is 15.9 Å². The van der Waals surface area contributed by atoms with Gasteiger partial charge in [0.2, 0.25) is 0 Å². The molecule has 0 saturated carbocycles. The van der Waals surface area contributed by atoms with Gasteiger partial charge in [-0.05, 0) is 86.3 Å². The minimum Gasteiger partial charge on any atom is -0.497 e. The standard InChI is InChI=1S/C33H45BrN2O2/c1-3-4-9-21-35(27-30-14-12-15-31(34)25-30)22-10-7-5-6-8-11-23-36(28-33-16-13-24-38-33)26-29-17-19-32(37-2)20-18-29/h7,10,12-20,24-25H,3-6,8-9,11,21-23,26-28H2,1-2H3/b10-7+. The van der Waals surface area contributed by atoms with Crippen molar-refractivity contribution in [2.24, 2.45) is 0 Å². The highest BCUT2D eigenvalue weighted by molar-refractivity contribution is 9.10. The van der Waals surface area contributed by atoms with Crippen molar-refractivity contribution in [2.75, 3.05) is 26.7 Å². The molecule has 0 unspecified atom stereocenters. The van der Waals surface area contributed by atoms with Gasteiger partial charge < -0.3 is 9.15 Å². The van der Waals surface area contributed by atoms with Crippen molar-refractivity contribution in [3.63, 3.8) is 0 Å². The molecule has 38 heavy (non-hydrogen) atoms. The first kappa shape index (κ1) is 30.2. The Labute approximate surface area is 238 Å². The van der Waals surface area contributed by atoms with Crippen LogP contribution in [0.15, 0.2) is 88.0 Å². The summed E-state index contributed by atoms with van der Waals surface area (Å²) in [7, 11) is 1.71. The highest BCUT2D eigenvalue weighted by Gasteiger charge is 2.09. The van der Waals surface area contributed by atoms with E-state index in [-0.39, 0.29) is 0 Å². The summed E-state index contributed by atoms with van der Waals surface area (Å²) in [6.45, 7) is 8.27. The van der Waals surface area contributed by atoms with Gasteiger partial charge in [0.05, 0.1) is 19.9 Å². The second-order valence-electron chi connectivity index (χ2n) is 10.0. The van der Waals surface area contributed by atoms with Crippen LogP contribution < -0.4 is 4.74 Å². The molecule has 5 heteroatoms. The summed E-state index contributed by atoms with van der Waals surface area (Å²) >= 11 is 3.61. The van der Waals surface area contributed by atoms with Crippen LogP contribution in [0.1, 0.15) is 68.8 Å². The van der Waals surface area contributed by atoms with Crippen LogP contribution in [0.5, 0.6) is 5.75 Å². The minimum absolute atomic E-state index is 0.838. The average molecular weight is 582 g/mol. The summed E-state index contributed by atoms with van der Waals surface area (Å²) < 4.78 is 12.1. The van der Waals surface area contributed by atoms with E-state index in [9.17, 15) is 0 Å². The monoisotopic (exact) mass is 580 g/mol. The lowest BCUT2D eigenvalue weighted by Crippen LogP contribution is -2.24. The Morgan fingerprint density at radius 2 is 1.58 bits per heavy atom. The van der Waals surface area contributed by atoms with E-state index in [0.717, 1.165) is 61.7 Å². The van der Waals surface area contributed by atoms with E-state index in [1.807, 2.05) is 18.2 Å². The molecule has 0 amide bonds. The van der Waals surface area contributed by atoms with Crippen LogP contribution in [0.25, 0.3) is 0 Å². The summed E-state index contributed by atoms with van der Waals surface area (Å²) in [5.41, 5.74) is 2.67. The van der Waals surface area contributed by atoms with Crippen molar-refractivity contribution in [2.45, 2.75) is 71.5 Å². The quantitative estimate of drug-likeness (QED) is 0.104. The van der Waals surface area contributed by atoms with E-state index in [1.54, 1.807) is 13.4 Å². The van der Waals surface area contributed by atoms with Gasteiger partial charge in [-0.25, -0.2) is 0 Å². The molecule has 0 aliphatic heterocycles. The highest BCUT2D eigenvalue weighted by Crippen LogP contribution is 2.17. The van der Waals surface area contributed by atoms with Gasteiger partial charge in [-0.3, -0.25) is 9.80 Å². The summed E-state index contributed by atoms with van der Waals surface area (Å²) in [6.07, 6.45) is 15.2. The first-order valence-corrected chi connectivity index (χ1v) is 14.9. The zero-order valence-electron chi connectivity index (χ0n) is 23.3. The minimum atomic E-state index is 0.838. The number of nitrogens with zero attached hydrogens (tertiary/aromatic N) is 2. The fourth-order valence-electron chi connectivity index (χ4n) is 4.66. The van der Waals surface area contributed by atoms with Gasteiger partial charge in [-0.2, -0.15) is 0 Å². The molecule has 1 aromatic heterocycles. The number of furan rings is 1. The topological polar surface area (TPSA) is 28.9 Å². The normalized spacial score (nSPS) is 11.7. The number of ether oxygens (including phenoxy) is 1. The van der Waals surface area contributed by atoms with Gasteiger partial charge in [-0.1, -0.05) is 78.5 Å². The van der Waals surface area contributed by atoms with Crippen molar-refractivity contribution in [1.82, 2.24) is 9.80 Å². The fourth-order valence-corrected chi connectivity index (χ4v) is 5.10. The number of halogens is 1. The van der Waals surface area contributed by atoms with Crippen LogP contribution >= 0.6 is 15.9 Å². The van der Waals surface area contributed by atoms with Crippen molar-refractivity contribution in [3.05, 3.63) is 100 Å². The van der Waals surface area contributed by atoms with Gasteiger partial charge >= 0.3 is 0 Å². The van der Waals surface area contributed by atoms with Gasteiger partial charge in [-0.15, -0.1) is 0 Å². The lowest BCUT2D eigenvalue weighted by Gasteiger charge is -2.21. The van der Waals surface area contributed by atoms with Crippen LogP contribution in [0, 0.1) is 0 Å². The molecule has 0 aliphatic carbocycles. The smallest absolute Gasteiger partial charge is 0.118 e. The molecular formula is C33H45BrN2O2. The van der Waals surface area contributed by atoms with Gasteiger partial charge in [0.1, 0.15) is 11.5 Å². The van der Waals surface area contributed by atoms with Crippen LogP contribution in [0.2, 0.25) is 0 Å². The lowest BCUT2D eigenvalue weighted by atomic mass is 10.1. The molecule has 3 aromatic rings. The average Bonchev–Trinajstić information content (AvgIpc) is 3.43. The number of hydrogen-bond donors (Lipinski definition) is 0. The lowest BCUT2D eigenvalue weighted by molar-refractivity contribution is 0.230. The molecule has 0 atom stereocenters. The maximum atomic E-state index is 5.63. The first-order chi connectivity index (χ1) is 18.7. The molecule has 0 spiro atoms. The molecule has 0 N–H and O–H groups in total. The predicted octanol–water partition coefficient (Wildman–Crippen LogP) is 8.86. The van der Waals surface area contributed by atoms with E-state index in [2.05, 4.69) is 87.3 Å². The Bertz CT molecular complexity index is 1030. The molecule has 0 radical (unpaired) electrons. The zero-order valence-corrected chi connectivity index (χ0v) is 24.9. The number of benzene rings is 2. The van der Waals surface area contributed by atoms with E-state index >= 15 is 0 Å². The van der Waals surface area contributed by atoms with Crippen LogP contribution in [0.4, 0.5) is 0 Å². The number of unbranched alkanes of at least 4 members (excludes halogenated alkanes) is 5. The second kappa shape index (κ2) is 18.0. The Balaban J connectivity index is 1.39. The van der Waals surface area contributed by atoms with Gasteiger partial charge in [0, 0.05) is 24.1 Å². The number of hydrogen-bond acceptors (Lipinski definition) is 4. The third kappa shape index (κ3) is 12.0. The van der Waals surface area contributed by atoms with Gasteiger partial charge in [0.25, 0.3) is 0 Å². The molecule has 4 nitrogen and oxygen atoms in total. The molecule has 1 heterocycles. The second-order valence-corrected chi connectivity index (χ2v) is 10.9.